The summed E-state index contributed by atoms with van der Waals surface area (Å²) in [5.74, 6) is 5.57. The zero-order valence-corrected chi connectivity index (χ0v) is 22.7. The summed E-state index contributed by atoms with van der Waals surface area (Å²) in [6, 6.07) is 25.0. The Bertz CT molecular complexity index is 1650. The minimum Gasteiger partial charge on any atom is -0.482 e. The number of morpholine rings is 1. The van der Waals surface area contributed by atoms with E-state index in [0.717, 1.165) is 44.0 Å². The van der Waals surface area contributed by atoms with Gasteiger partial charge in [-0.15, -0.1) is 0 Å². The van der Waals surface area contributed by atoms with Crippen molar-refractivity contribution in [1.82, 2.24) is 4.90 Å². The van der Waals surface area contributed by atoms with Crippen LogP contribution in [0.2, 0.25) is 0 Å². The van der Waals surface area contributed by atoms with Gasteiger partial charge in [0, 0.05) is 36.8 Å². The number of nitrogens with zero attached hydrogens (tertiary/aromatic N) is 1. The van der Waals surface area contributed by atoms with Gasteiger partial charge in [-0.05, 0) is 47.5 Å². The highest BCUT2D eigenvalue weighted by atomic mass is 32.2. The van der Waals surface area contributed by atoms with E-state index in [-0.39, 0.29) is 23.0 Å². The second-order valence-corrected chi connectivity index (χ2v) is 11.4. The van der Waals surface area contributed by atoms with Crippen LogP contribution in [0.3, 0.4) is 0 Å². The van der Waals surface area contributed by atoms with Gasteiger partial charge in [-0.3, -0.25) is 9.69 Å². The van der Waals surface area contributed by atoms with E-state index >= 15 is 0 Å². The van der Waals surface area contributed by atoms with Crippen molar-refractivity contribution < 1.29 is 22.3 Å². The molecule has 2 heterocycles. The minimum absolute atomic E-state index is 0.0376. The van der Waals surface area contributed by atoms with Gasteiger partial charge in [-0.2, -0.15) is 0 Å². The van der Waals surface area contributed by atoms with E-state index in [1.807, 2.05) is 42.5 Å². The normalized spacial score (nSPS) is 13.8. The predicted molar refractivity (Wildman–Crippen MR) is 152 cm³/mol. The van der Waals surface area contributed by atoms with E-state index in [9.17, 15) is 13.2 Å². The van der Waals surface area contributed by atoms with Crippen molar-refractivity contribution in [2.24, 2.45) is 0 Å². The summed E-state index contributed by atoms with van der Waals surface area (Å²) in [5.41, 5.74) is 3.20. The lowest BCUT2D eigenvalue weighted by molar-refractivity contribution is 0.0342. The molecule has 0 radical (unpaired) electrons. The Kier molecular flexibility index (Phi) is 8.77. The van der Waals surface area contributed by atoms with Crippen molar-refractivity contribution in [2.45, 2.75) is 23.8 Å². The van der Waals surface area contributed by atoms with Crippen LogP contribution >= 0.6 is 0 Å². The maximum absolute atomic E-state index is 13.1. The Morgan fingerprint density at radius 2 is 1.45 bits per heavy atom. The summed E-state index contributed by atoms with van der Waals surface area (Å²) in [6.45, 7) is 4.44. The van der Waals surface area contributed by atoms with Gasteiger partial charge in [0.05, 0.1) is 24.4 Å². The first-order valence-corrected chi connectivity index (χ1v) is 14.6. The molecule has 3 aromatic carbocycles. The molecule has 40 heavy (non-hydrogen) atoms. The fraction of sp³-hybridized carbons (Fsp3) is 0.219. The molecule has 0 bridgehead atoms. The first-order chi connectivity index (χ1) is 19.5. The molecule has 0 aliphatic carbocycles. The molecule has 8 heteroatoms. The number of hydrogen-bond donors (Lipinski definition) is 0. The summed E-state index contributed by atoms with van der Waals surface area (Å²) in [7, 11) is -3.81. The third-order valence-electron chi connectivity index (χ3n) is 6.48. The summed E-state index contributed by atoms with van der Waals surface area (Å²) in [5, 5.41) is 0. The lowest BCUT2D eigenvalue weighted by Crippen LogP contribution is -2.35. The first kappa shape index (κ1) is 27.4. The van der Waals surface area contributed by atoms with Crippen molar-refractivity contribution in [3.8, 4) is 17.6 Å². The maximum Gasteiger partial charge on any atom is 0.227 e. The highest BCUT2D eigenvalue weighted by molar-refractivity contribution is 7.90. The van der Waals surface area contributed by atoms with Crippen LogP contribution in [0.25, 0.3) is 0 Å². The summed E-state index contributed by atoms with van der Waals surface area (Å²) in [6.07, 6.45) is 1.18. The molecule has 0 spiro atoms. The maximum atomic E-state index is 13.1. The van der Waals surface area contributed by atoms with E-state index in [4.69, 9.17) is 13.9 Å². The first-order valence-electron chi connectivity index (χ1n) is 13.0. The number of hydrogen-bond acceptors (Lipinski definition) is 7. The molecule has 0 unspecified atom stereocenters. The van der Waals surface area contributed by atoms with Crippen LogP contribution in [0.1, 0.15) is 28.0 Å². The molecule has 1 fully saturated rings. The highest BCUT2D eigenvalue weighted by Gasteiger charge is 2.22. The van der Waals surface area contributed by atoms with Gasteiger partial charge in [0.15, 0.2) is 15.6 Å². The van der Waals surface area contributed by atoms with Crippen molar-refractivity contribution in [3.05, 3.63) is 129 Å². The van der Waals surface area contributed by atoms with Gasteiger partial charge >= 0.3 is 0 Å². The third kappa shape index (κ3) is 7.27. The Balaban J connectivity index is 1.24. The molecule has 7 nitrogen and oxygen atoms in total. The molecule has 1 aromatic heterocycles. The van der Waals surface area contributed by atoms with E-state index in [2.05, 4.69) is 28.9 Å². The second kappa shape index (κ2) is 12.8. The Morgan fingerprint density at radius 1 is 0.800 bits per heavy atom. The van der Waals surface area contributed by atoms with Crippen LogP contribution in [-0.2, 0) is 33.5 Å². The molecule has 1 saturated heterocycles. The molecule has 204 valence electrons. The molecular weight excluding hydrogens is 526 g/mol. The van der Waals surface area contributed by atoms with Gasteiger partial charge in [0.25, 0.3) is 0 Å². The van der Waals surface area contributed by atoms with Crippen LogP contribution in [0.4, 0.5) is 0 Å². The molecule has 0 saturated carbocycles. The fourth-order valence-corrected chi connectivity index (χ4v) is 5.54. The molecule has 4 aromatic rings. The smallest absolute Gasteiger partial charge is 0.227 e. The summed E-state index contributed by atoms with van der Waals surface area (Å²) in [4.78, 5) is 14.9. The third-order valence-corrected chi connectivity index (χ3v) is 8.11. The molecule has 1 aliphatic rings. The topological polar surface area (TPSA) is 86.0 Å². The Morgan fingerprint density at radius 3 is 2.12 bits per heavy atom. The lowest BCUT2D eigenvalue weighted by Gasteiger charge is -2.26. The molecule has 0 amide bonds. The molecule has 5 rings (SSSR count). The predicted octanol–water partition coefficient (Wildman–Crippen LogP) is 4.42. The van der Waals surface area contributed by atoms with Crippen LogP contribution < -0.4 is 10.2 Å². The van der Waals surface area contributed by atoms with Crippen LogP contribution in [-0.4, -0.2) is 39.6 Å². The van der Waals surface area contributed by atoms with E-state index in [0.29, 0.717) is 5.56 Å². The quantitative estimate of drug-likeness (QED) is 0.298. The number of benzene rings is 3. The molecule has 1 aliphatic heterocycles. The zero-order chi connectivity index (χ0) is 27.8. The van der Waals surface area contributed by atoms with Crippen LogP contribution in [0.15, 0.2) is 105 Å². The fourth-order valence-electron chi connectivity index (χ4n) is 4.28. The standard InChI is InChI=1S/C32H29NO6S/c34-30-16-19-38-31(32(30)39-23-28-4-2-1-3-5-28)24-40(35,36)29-14-12-26(13-15-29)7-6-25-8-10-27(11-9-25)22-33-17-20-37-21-18-33/h1-5,8-16,19H,17-18,20-24H2. The van der Waals surface area contributed by atoms with Crippen molar-refractivity contribution in [3.63, 3.8) is 0 Å². The van der Waals surface area contributed by atoms with Gasteiger partial charge in [0.2, 0.25) is 11.2 Å². The number of sulfone groups is 1. The minimum atomic E-state index is -3.81. The number of rotatable bonds is 8. The summed E-state index contributed by atoms with van der Waals surface area (Å²) >= 11 is 0. The van der Waals surface area contributed by atoms with Crippen LogP contribution in [0.5, 0.6) is 5.75 Å². The Hall–Kier alpha value is -4.16. The monoisotopic (exact) mass is 555 g/mol. The molecular formula is C32H29NO6S. The zero-order valence-electron chi connectivity index (χ0n) is 21.9. The number of ether oxygens (including phenoxy) is 2. The van der Waals surface area contributed by atoms with E-state index in [1.54, 1.807) is 12.1 Å². The second-order valence-electron chi connectivity index (χ2n) is 9.43. The lowest BCUT2D eigenvalue weighted by atomic mass is 10.1. The van der Waals surface area contributed by atoms with Gasteiger partial charge in [-0.1, -0.05) is 54.3 Å². The Labute approximate surface area is 233 Å². The van der Waals surface area contributed by atoms with Crippen molar-refractivity contribution in [1.29, 1.82) is 0 Å². The van der Waals surface area contributed by atoms with E-state index in [1.165, 1.54) is 30.0 Å². The van der Waals surface area contributed by atoms with Crippen molar-refractivity contribution in [2.75, 3.05) is 26.3 Å². The van der Waals surface area contributed by atoms with E-state index < -0.39 is 21.0 Å². The SMILES string of the molecule is O=c1ccoc(CS(=O)(=O)c2ccc(C#Cc3ccc(CN4CCOCC4)cc3)cc2)c1OCc1ccccc1. The average molecular weight is 556 g/mol. The molecule has 0 N–H and O–H groups in total. The highest BCUT2D eigenvalue weighted by Crippen LogP contribution is 2.22. The van der Waals surface area contributed by atoms with Gasteiger partial charge < -0.3 is 13.9 Å². The van der Waals surface area contributed by atoms with Crippen molar-refractivity contribution >= 4 is 9.84 Å². The van der Waals surface area contributed by atoms with Gasteiger partial charge in [0.1, 0.15) is 12.4 Å². The summed E-state index contributed by atoms with van der Waals surface area (Å²) < 4.78 is 42.8. The van der Waals surface area contributed by atoms with Crippen LogP contribution in [0, 0.1) is 11.8 Å². The molecule has 0 atom stereocenters. The average Bonchev–Trinajstić information content (AvgIpc) is 2.98. The van der Waals surface area contributed by atoms with Gasteiger partial charge in [-0.25, -0.2) is 8.42 Å². The largest absolute Gasteiger partial charge is 0.482 e.